The molecule has 1 saturated heterocycles. The lowest BCUT2D eigenvalue weighted by atomic mass is 9.96. The van der Waals surface area contributed by atoms with E-state index < -0.39 is 11.5 Å². The van der Waals surface area contributed by atoms with Gasteiger partial charge in [0.1, 0.15) is 0 Å². The van der Waals surface area contributed by atoms with Crippen LogP contribution in [0.25, 0.3) is 0 Å². The summed E-state index contributed by atoms with van der Waals surface area (Å²) in [6.07, 6.45) is 0.837. The highest BCUT2D eigenvalue weighted by molar-refractivity contribution is 5.76. The molecule has 2 N–H and O–H groups in total. The number of hydrogen-bond acceptors (Lipinski definition) is 3. The minimum atomic E-state index is -0.924. The molecule has 0 saturated carbocycles. The van der Waals surface area contributed by atoms with Gasteiger partial charge in [0.25, 0.3) is 0 Å². The summed E-state index contributed by atoms with van der Waals surface area (Å²) >= 11 is 0. The van der Waals surface area contributed by atoms with Crippen molar-refractivity contribution >= 4 is 12.0 Å². The zero-order valence-electron chi connectivity index (χ0n) is 12.1. The first-order valence-corrected chi connectivity index (χ1v) is 6.57. The van der Waals surface area contributed by atoms with Crippen molar-refractivity contribution in [1.82, 2.24) is 10.2 Å². The number of amides is 2. The van der Waals surface area contributed by atoms with Crippen LogP contribution in [0.1, 0.15) is 33.6 Å². The molecule has 110 valence electrons. The highest BCUT2D eigenvalue weighted by atomic mass is 16.5. The third-order valence-corrected chi connectivity index (χ3v) is 3.52. The van der Waals surface area contributed by atoms with Gasteiger partial charge in [-0.3, -0.25) is 4.79 Å². The number of carbonyl (C=O) groups is 2. The Balaban J connectivity index is 2.56. The number of aliphatic carboxylic acids is 1. The topological polar surface area (TPSA) is 78.9 Å². The molecule has 6 heteroatoms. The van der Waals surface area contributed by atoms with E-state index in [1.54, 1.807) is 25.9 Å². The molecule has 0 aromatic heterocycles. The standard InChI is InChI=1S/C13H24N2O4/c1-9-5-6-15(8-10(9)19-4)12(18)14-13(2,3)7-11(16)17/h9-10H,5-8H2,1-4H3,(H,14,18)(H,16,17). The largest absolute Gasteiger partial charge is 0.481 e. The first-order valence-electron chi connectivity index (χ1n) is 6.57. The molecule has 1 aliphatic rings. The van der Waals surface area contributed by atoms with E-state index in [2.05, 4.69) is 12.2 Å². The predicted octanol–water partition coefficient (Wildman–Crippen LogP) is 1.31. The summed E-state index contributed by atoms with van der Waals surface area (Å²) < 4.78 is 5.36. The number of nitrogens with zero attached hydrogens (tertiary/aromatic N) is 1. The quantitative estimate of drug-likeness (QED) is 0.808. The average Bonchev–Trinajstić information content (AvgIpc) is 2.26. The van der Waals surface area contributed by atoms with Gasteiger partial charge in [-0.1, -0.05) is 6.92 Å². The van der Waals surface area contributed by atoms with Crippen molar-refractivity contribution in [3.05, 3.63) is 0 Å². The number of piperidine rings is 1. The van der Waals surface area contributed by atoms with Crippen LogP contribution in [0.3, 0.4) is 0 Å². The summed E-state index contributed by atoms with van der Waals surface area (Å²) in [6, 6.07) is -0.222. The molecular formula is C13H24N2O4. The molecule has 1 fully saturated rings. The number of hydrogen-bond donors (Lipinski definition) is 2. The first kappa shape index (κ1) is 15.8. The van der Waals surface area contributed by atoms with Crippen LogP contribution in [-0.4, -0.2) is 53.8 Å². The zero-order valence-corrected chi connectivity index (χ0v) is 12.1. The monoisotopic (exact) mass is 272 g/mol. The number of methoxy groups -OCH3 is 1. The maximum atomic E-state index is 12.1. The maximum absolute atomic E-state index is 12.1. The van der Waals surface area contributed by atoms with Crippen LogP contribution in [-0.2, 0) is 9.53 Å². The minimum absolute atomic E-state index is 0.0436. The number of likely N-dealkylation sites (tertiary alicyclic amines) is 1. The Kier molecular flexibility index (Phi) is 5.17. The third kappa shape index (κ3) is 4.70. The van der Waals surface area contributed by atoms with E-state index in [0.717, 1.165) is 6.42 Å². The molecule has 1 heterocycles. The summed E-state index contributed by atoms with van der Waals surface area (Å²) in [4.78, 5) is 24.6. The highest BCUT2D eigenvalue weighted by Gasteiger charge is 2.31. The molecule has 2 amide bonds. The molecule has 1 rings (SSSR count). The number of carbonyl (C=O) groups excluding carboxylic acids is 1. The van der Waals surface area contributed by atoms with Crippen LogP contribution in [0, 0.1) is 5.92 Å². The van der Waals surface area contributed by atoms with Gasteiger partial charge >= 0.3 is 12.0 Å². The molecule has 2 atom stereocenters. The van der Waals surface area contributed by atoms with E-state index in [-0.39, 0.29) is 18.6 Å². The lowest BCUT2D eigenvalue weighted by Gasteiger charge is -2.38. The fourth-order valence-electron chi connectivity index (χ4n) is 2.32. The lowest BCUT2D eigenvalue weighted by Crippen LogP contribution is -2.55. The Labute approximate surface area is 114 Å². The van der Waals surface area contributed by atoms with E-state index in [0.29, 0.717) is 19.0 Å². The summed E-state index contributed by atoms with van der Waals surface area (Å²) in [5.74, 6) is -0.492. The van der Waals surface area contributed by atoms with E-state index in [4.69, 9.17) is 9.84 Å². The van der Waals surface area contributed by atoms with Crippen molar-refractivity contribution in [2.75, 3.05) is 20.2 Å². The van der Waals surface area contributed by atoms with Gasteiger partial charge < -0.3 is 20.1 Å². The minimum Gasteiger partial charge on any atom is -0.481 e. The van der Waals surface area contributed by atoms with Gasteiger partial charge in [-0.05, 0) is 26.2 Å². The van der Waals surface area contributed by atoms with Crippen LogP contribution in [0.15, 0.2) is 0 Å². The number of rotatable bonds is 4. The van der Waals surface area contributed by atoms with Crippen LogP contribution >= 0.6 is 0 Å². The highest BCUT2D eigenvalue weighted by Crippen LogP contribution is 2.20. The van der Waals surface area contributed by atoms with E-state index in [1.165, 1.54) is 0 Å². The van der Waals surface area contributed by atoms with Gasteiger partial charge in [0, 0.05) is 25.7 Å². The smallest absolute Gasteiger partial charge is 0.317 e. The summed E-state index contributed by atoms with van der Waals surface area (Å²) in [5, 5.41) is 11.6. The Morgan fingerprint density at radius 3 is 2.63 bits per heavy atom. The van der Waals surface area contributed by atoms with E-state index >= 15 is 0 Å². The van der Waals surface area contributed by atoms with Crippen LogP contribution in [0.4, 0.5) is 4.79 Å². The molecule has 6 nitrogen and oxygen atoms in total. The third-order valence-electron chi connectivity index (χ3n) is 3.52. The Hall–Kier alpha value is -1.30. The molecular weight excluding hydrogens is 248 g/mol. The summed E-state index contributed by atoms with van der Waals surface area (Å²) in [6.45, 7) is 6.75. The molecule has 19 heavy (non-hydrogen) atoms. The Bertz CT molecular complexity index is 344. The fourth-order valence-corrected chi connectivity index (χ4v) is 2.32. The maximum Gasteiger partial charge on any atom is 0.317 e. The molecule has 0 bridgehead atoms. The number of carboxylic acids is 1. The molecule has 0 aromatic rings. The SMILES string of the molecule is COC1CN(C(=O)NC(C)(C)CC(=O)O)CCC1C. The number of urea groups is 1. The number of nitrogens with one attached hydrogen (secondary N) is 1. The second kappa shape index (κ2) is 6.23. The van der Waals surface area contributed by atoms with Crippen molar-refractivity contribution < 1.29 is 19.4 Å². The average molecular weight is 272 g/mol. The molecule has 0 spiro atoms. The van der Waals surface area contributed by atoms with Crippen LogP contribution < -0.4 is 5.32 Å². The van der Waals surface area contributed by atoms with Crippen molar-refractivity contribution in [2.24, 2.45) is 5.92 Å². The Morgan fingerprint density at radius 1 is 1.47 bits per heavy atom. The zero-order chi connectivity index (χ0) is 14.6. The van der Waals surface area contributed by atoms with Gasteiger partial charge in [0.2, 0.25) is 0 Å². The summed E-state index contributed by atoms with van der Waals surface area (Å²) in [7, 11) is 1.65. The van der Waals surface area contributed by atoms with Crippen molar-refractivity contribution in [1.29, 1.82) is 0 Å². The van der Waals surface area contributed by atoms with E-state index in [1.807, 2.05) is 0 Å². The van der Waals surface area contributed by atoms with Crippen molar-refractivity contribution in [3.8, 4) is 0 Å². The molecule has 1 aliphatic heterocycles. The van der Waals surface area contributed by atoms with Gasteiger partial charge in [0.15, 0.2) is 0 Å². The van der Waals surface area contributed by atoms with Crippen molar-refractivity contribution in [2.45, 2.75) is 45.3 Å². The molecule has 0 aliphatic carbocycles. The van der Waals surface area contributed by atoms with Gasteiger partial charge in [-0.25, -0.2) is 4.79 Å². The van der Waals surface area contributed by atoms with Crippen LogP contribution in [0.5, 0.6) is 0 Å². The lowest BCUT2D eigenvalue weighted by molar-refractivity contribution is -0.138. The normalized spacial score (nSPS) is 24.1. The molecule has 0 aromatic carbocycles. The van der Waals surface area contributed by atoms with Crippen molar-refractivity contribution in [3.63, 3.8) is 0 Å². The van der Waals surface area contributed by atoms with E-state index in [9.17, 15) is 9.59 Å². The Morgan fingerprint density at radius 2 is 2.11 bits per heavy atom. The van der Waals surface area contributed by atoms with Gasteiger partial charge in [0.05, 0.1) is 12.5 Å². The molecule has 0 radical (unpaired) electrons. The second-order valence-corrected chi connectivity index (χ2v) is 5.87. The number of carboxylic acid groups (broad SMARTS) is 1. The van der Waals surface area contributed by atoms with Crippen LogP contribution in [0.2, 0.25) is 0 Å². The van der Waals surface area contributed by atoms with Gasteiger partial charge in [-0.2, -0.15) is 0 Å². The van der Waals surface area contributed by atoms with Gasteiger partial charge in [-0.15, -0.1) is 0 Å². The molecule has 2 unspecified atom stereocenters. The fraction of sp³-hybridized carbons (Fsp3) is 0.846. The first-order chi connectivity index (χ1) is 8.75. The predicted molar refractivity (Wildman–Crippen MR) is 71.0 cm³/mol. The number of ether oxygens (including phenoxy) is 1. The second-order valence-electron chi connectivity index (χ2n) is 5.87. The summed E-state index contributed by atoms with van der Waals surface area (Å²) in [5.41, 5.74) is -0.755.